The number of esters is 1. The normalized spacial score (nSPS) is 18.8. The number of hydrogen-bond acceptors (Lipinski definition) is 6. The molecule has 1 N–H and O–H groups in total. The molecule has 0 spiro atoms. The number of ketones is 1. The zero-order chi connectivity index (χ0) is 26.6. The molecule has 0 bridgehead atoms. The molecular weight excluding hydrogens is 480 g/mol. The van der Waals surface area contributed by atoms with E-state index in [1.54, 1.807) is 23.3 Å². The molecule has 196 valence electrons. The standard InChI is InChI=1S/C31H32N2O5/c1-3-4-5-12-28(35)33-25-10-7-6-9-23(25)32-24-18-22(27-11-8-17-38-27)19-26(34)29(24)30(33)20-13-15-21(16-14-20)31(36)37-2/h6-11,13-17,22,30,32H,3-5,12,18-19H2,1-2H3/t22-,30+/m1/s1. The monoisotopic (exact) mass is 512 g/mol. The van der Waals surface area contributed by atoms with E-state index in [1.165, 1.54) is 7.11 Å². The molecule has 1 amide bonds. The molecular formula is C31H32N2O5. The minimum atomic E-state index is -0.632. The molecule has 0 unspecified atom stereocenters. The largest absolute Gasteiger partial charge is 0.469 e. The Hall–Kier alpha value is -4.13. The molecule has 0 fully saturated rings. The number of ether oxygens (including phenoxy) is 1. The zero-order valence-electron chi connectivity index (χ0n) is 21.7. The summed E-state index contributed by atoms with van der Waals surface area (Å²) < 4.78 is 10.5. The van der Waals surface area contributed by atoms with E-state index in [4.69, 9.17) is 9.15 Å². The Morgan fingerprint density at radius 2 is 1.82 bits per heavy atom. The fourth-order valence-electron chi connectivity index (χ4n) is 5.47. The second-order valence-corrected chi connectivity index (χ2v) is 9.82. The van der Waals surface area contributed by atoms with Gasteiger partial charge in [-0.1, -0.05) is 44.0 Å². The number of methoxy groups -OCH3 is 1. The molecule has 0 saturated heterocycles. The predicted molar refractivity (Wildman–Crippen MR) is 145 cm³/mol. The van der Waals surface area contributed by atoms with Crippen LogP contribution in [0.15, 0.2) is 82.6 Å². The maximum atomic E-state index is 13.9. The van der Waals surface area contributed by atoms with Gasteiger partial charge < -0.3 is 14.5 Å². The Kier molecular flexibility index (Phi) is 7.45. The summed E-state index contributed by atoms with van der Waals surface area (Å²) >= 11 is 0. The number of allylic oxidation sites excluding steroid dienone is 1. The van der Waals surface area contributed by atoms with Gasteiger partial charge in [0.05, 0.1) is 36.4 Å². The van der Waals surface area contributed by atoms with Crippen molar-refractivity contribution in [3.8, 4) is 0 Å². The van der Waals surface area contributed by atoms with E-state index in [0.717, 1.165) is 47.7 Å². The molecule has 7 nitrogen and oxygen atoms in total. The van der Waals surface area contributed by atoms with Crippen LogP contribution in [0.3, 0.4) is 0 Å². The summed E-state index contributed by atoms with van der Waals surface area (Å²) in [5, 5.41) is 3.52. The SMILES string of the molecule is CCCCCC(=O)N1c2ccccc2NC2=C(C(=O)C[C@H](c3ccco3)C2)[C@@H]1c1ccc(C(=O)OC)cc1. The first-order valence-corrected chi connectivity index (χ1v) is 13.2. The number of rotatable bonds is 7. The van der Waals surface area contributed by atoms with Crippen LogP contribution in [0.1, 0.15) is 79.1 Å². The third kappa shape index (κ3) is 4.88. The molecule has 5 rings (SSSR count). The van der Waals surface area contributed by atoms with Crippen molar-refractivity contribution in [3.05, 3.63) is 95.1 Å². The van der Waals surface area contributed by atoms with Gasteiger partial charge in [-0.05, 0) is 54.8 Å². The number of benzene rings is 2. The van der Waals surface area contributed by atoms with Gasteiger partial charge in [0.25, 0.3) is 0 Å². The number of carbonyl (C=O) groups is 3. The average Bonchev–Trinajstić information content (AvgIpc) is 3.43. The van der Waals surface area contributed by atoms with Gasteiger partial charge in [0.15, 0.2) is 5.78 Å². The lowest BCUT2D eigenvalue weighted by Crippen LogP contribution is -2.38. The first kappa shape index (κ1) is 25.5. The lowest BCUT2D eigenvalue weighted by molar-refractivity contribution is -0.119. The fraction of sp³-hybridized carbons (Fsp3) is 0.323. The first-order valence-electron chi connectivity index (χ1n) is 13.2. The van der Waals surface area contributed by atoms with Crippen molar-refractivity contribution in [3.63, 3.8) is 0 Å². The van der Waals surface area contributed by atoms with E-state index < -0.39 is 12.0 Å². The van der Waals surface area contributed by atoms with Crippen molar-refractivity contribution in [1.29, 1.82) is 0 Å². The van der Waals surface area contributed by atoms with Crippen molar-refractivity contribution in [2.24, 2.45) is 0 Å². The van der Waals surface area contributed by atoms with Crippen LogP contribution in [0.25, 0.3) is 0 Å². The molecule has 1 aromatic heterocycles. The van der Waals surface area contributed by atoms with E-state index in [0.29, 0.717) is 30.4 Å². The number of fused-ring (bicyclic) bond motifs is 1. The lowest BCUT2D eigenvalue weighted by atomic mass is 9.80. The van der Waals surface area contributed by atoms with Crippen molar-refractivity contribution in [2.45, 2.75) is 57.4 Å². The summed E-state index contributed by atoms with van der Waals surface area (Å²) in [4.78, 5) is 41.7. The highest BCUT2D eigenvalue weighted by Gasteiger charge is 2.41. The second-order valence-electron chi connectivity index (χ2n) is 9.82. The minimum absolute atomic E-state index is 0.0265. The average molecular weight is 513 g/mol. The number of furan rings is 1. The van der Waals surface area contributed by atoms with Crippen molar-refractivity contribution in [2.75, 3.05) is 17.3 Å². The minimum Gasteiger partial charge on any atom is -0.469 e. The molecule has 1 aliphatic carbocycles. The number of Topliss-reactive ketones (excluding diaryl/α,β-unsaturated/α-hetero) is 1. The topological polar surface area (TPSA) is 88.9 Å². The van der Waals surface area contributed by atoms with Gasteiger partial charge >= 0.3 is 5.97 Å². The van der Waals surface area contributed by atoms with E-state index in [2.05, 4.69) is 12.2 Å². The molecule has 2 heterocycles. The lowest BCUT2D eigenvalue weighted by Gasteiger charge is -2.35. The number of unbranched alkanes of at least 4 members (excludes halogenated alkanes) is 2. The maximum absolute atomic E-state index is 13.9. The molecule has 2 aromatic carbocycles. The second kappa shape index (κ2) is 11.1. The Morgan fingerprint density at radius 3 is 2.53 bits per heavy atom. The van der Waals surface area contributed by atoms with Crippen LogP contribution in [0.4, 0.5) is 11.4 Å². The molecule has 3 aromatic rings. The van der Waals surface area contributed by atoms with Gasteiger partial charge in [-0.15, -0.1) is 0 Å². The van der Waals surface area contributed by atoms with Crippen LogP contribution >= 0.6 is 0 Å². The fourth-order valence-corrected chi connectivity index (χ4v) is 5.47. The van der Waals surface area contributed by atoms with Gasteiger partial charge in [0.1, 0.15) is 5.76 Å². The van der Waals surface area contributed by atoms with Crippen LogP contribution in [-0.4, -0.2) is 24.8 Å². The van der Waals surface area contributed by atoms with Gasteiger partial charge in [-0.25, -0.2) is 4.79 Å². The van der Waals surface area contributed by atoms with E-state index in [1.807, 2.05) is 48.5 Å². The Bertz CT molecular complexity index is 1360. The molecule has 0 radical (unpaired) electrons. The summed E-state index contributed by atoms with van der Waals surface area (Å²) in [5.74, 6) is 0.179. The number of carbonyl (C=O) groups excluding carboxylic acids is 3. The summed E-state index contributed by atoms with van der Waals surface area (Å²) in [6, 6.07) is 17.8. The Balaban J connectivity index is 1.66. The summed E-state index contributed by atoms with van der Waals surface area (Å²) in [6.45, 7) is 2.11. The first-order chi connectivity index (χ1) is 18.5. The van der Waals surface area contributed by atoms with Crippen LogP contribution in [0.2, 0.25) is 0 Å². The van der Waals surface area contributed by atoms with E-state index in [-0.39, 0.29) is 17.6 Å². The smallest absolute Gasteiger partial charge is 0.337 e. The summed E-state index contributed by atoms with van der Waals surface area (Å²) in [6.07, 6.45) is 5.61. The van der Waals surface area contributed by atoms with E-state index >= 15 is 0 Å². The van der Waals surface area contributed by atoms with Gasteiger partial charge in [0, 0.05) is 30.0 Å². The van der Waals surface area contributed by atoms with E-state index in [9.17, 15) is 14.4 Å². The predicted octanol–water partition coefficient (Wildman–Crippen LogP) is 6.55. The van der Waals surface area contributed by atoms with Crippen molar-refractivity contribution < 1.29 is 23.5 Å². The van der Waals surface area contributed by atoms with Crippen LogP contribution in [-0.2, 0) is 14.3 Å². The van der Waals surface area contributed by atoms with Gasteiger partial charge in [-0.3, -0.25) is 14.5 Å². The molecule has 0 saturated carbocycles. The van der Waals surface area contributed by atoms with Gasteiger partial charge in [0.2, 0.25) is 5.91 Å². The highest BCUT2D eigenvalue weighted by molar-refractivity contribution is 6.06. The molecule has 7 heteroatoms. The highest BCUT2D eigenvalue weighted by Crippen LogP contribution is 2.47. The molecule has 1 aliphatic heterocycles. The van der Waals surface area contributed by atoms with Crippen molar-refractivity contribution in [1.82, 2.24) is 0 Å². The molecule has 38 heavy (non-hydrogen) atoms. The van der Waals surface area contributed by atoms with Crippen molar-refractivity contribution >= 4 is 29.0 Å². The molecule has 2 atom stereocenters. The highest BCUT2D eigenvalue weighted by atomic mass is 16.5. The number of anilines is 2. The summed E-state index contributed by atoms with van der Waals surface area (Å²) in [7, 11) is 1.34. The number of nitrogens with one attached hydrogen (secondary N) is 1. The number of hydrogen-bond donors (Lipinski definition) is 1. The maximum Gasteiger partial charge on any atom is 0.337 e. The third-order valence-electron chi connectivity index (χ3n) is 7.34. The number of amides is 1. The van der Waals surface area contributed by atoms with Gasteiger partial charge in [-0.2, -0.15) is 0 Å². The molecule has 2 aliphatic rings. The number of nitrogens with zero attached hydrogens (tertiary/aromatic N) is 1. The van der Waals surface area contributed by atoms with Crippen LogP contribution in [0.5, 0.6) is 0 Å². The Labute approximate surface area is 222 Å². The zero-order valence-corrected chi connectivity index (χ0v) is 21.7. The third-order valence-corrected chi connectivity index (χ3v) is 7.34. The summed E-state index contributed by atoms with van der Waals surface area (Å²) in [5.41, 5.74) is 4.06. The quantitative estimate of drug-likeness (QED) is 0.285. The van der Waals surface area contributed by atoms with Crippen LogP contribution in [0, 0.1) is 0 Å². The Morgan fingerprint density at radius 1 is 1.03 bits per heavy atom. The number of para-hydroxylation sites is 2. The van der Waals surface area contributed by atoms with Crippen LogP contribution < -0.4 is 10.2 Å².